The molecule has 5 nitrogen and oxygen atoms in total. The molecule has 0 spiro atoms. The minimum atomic E-state index is -0.368. The summed E-state index contributed by atoms with van der Waals surface area (Å²) < 4.78 is 1.58. The smallest absolute Gasteiger partial charge is 0.211 e. The molecule has 1 aromatic carbocycles. The average molecular weight is 229 g/mol. The third-order valence-corrected chi connectivity index (χ3v) is 2.35. The fraction of sp³-hybridized carbons (Fsp3) is 0.0833. The van der Waals surface area contributed by atoms with E-state index in [-0.39, 0.29) is 11.5 Å². The summed E-state index contributed by atoms with van der Waals surface area (Å²) in [6.45, 7) is 1.76. The zero-order chi connectivity index (χ0) is 12.3. The molecular formula is C12H11N3O2. The summed E-state index contributed by atoms with van der Waals surface area (Å²) in [5.74, 6) is -0.368. The van der Waals surface area contributed by atoms with E-state index in [2.05, 4.69) is 10.3 Å². The standard InChI is InChI=1S/C12H11N3O2/c1-9-12(11(17)7-8-16)13-14-15(9)10-5-3-2-4-6-10/h2-8,16H,1H3/b8-7+. The Labute approximate surface area is 98.0 Å². The molecule has 0 aliphatic carbocycles. The van der Waals surface area contributed by atoms with Crippen LogP contribution >= 0.6 is 0 Å². The minimum Gasteiger partial charge on any atom is -0.515 e. The van der Waals surface area contributed by atoms with Crippen molar-refractivity contribution in [3.8, 4) is 5.69 Å². The van der Waals surface area contributed by atoms with E-state index >= 15 is 0 Å². The summed E-state index contributed by atoms with van der Waals surface area (Å²) in [5.41, 5.74) is 1.71. The Morgan fingerprint density at radius 2 is 2.06 bits per heavy atom. The molecule has 2 rings (SSSR count). The van der Waals surface area contributed by atoms with Crippen molar-refractivity contribution >= 4 is 5.78 Å². The van der Waals surface area contributed by atoms with Gasteiger partial charge >= 0.3 is 0 Å². The summed E-state index contributed by atoms with van der Waals surface area (Å²) in [6, 6.07) is 9.41. The number of hydrogen-bond donors (Lipinski definition) is 1. The normalized spacial score (nSPS) is 10.9. The molecule has 0 bridgehead atoms. The van der Waals surface area contributed by atoms with Gasteiger partial charge in [0.25, 0.3) is 0 Å². The fourth-order valence-electron chi connectivity index (χ4n) is 1.52. The van der Waals surface area contributed by atoms with E-state index in [1.165, 1.54) is 0 Å². The van der Waals surface area contributed by atoms with E-state index in [0.29, 0.717) is 12.0 Å². The van der Waals surface area contributed by atoms with Gasteiger partial charge < -0.3 is 5.11 Å². The summed E-state index contributed by atoms with van der Waals surface area (Å²) in [6.07, 6.45) is 1.75. The number of hydrogen-bond acceptors (Lipinski definition) is 4. The van der Waals surface area contributed by atoms with Gasteiger partial charge in [0.15, 0.2) is 5.69 Å². The van der Waals surface area contributed by atoms with Crippen molar-refractivity contribution in [2.24, 2.45) is 0 Å². The number of carbonyl (C=O) groups excluding carboxylic acids is 1. The van der Waals surface area contributed by atoms with Crippen LogP contribution in [0, 0.1) is 6.92 Å². The molecule has 1 heterocycles. The number of carbonyl (C=O) groups is 1. The molecule has 2 aromatic rings. The van der Waals surface area contributed by atoms with Crippen LogP contribution < -0.4 is 0 Å². The van der Waals surface area contributed by atoms with Crippen molar-refractivity contribution in [1.82, 2.24) is 15.0 Å². The highest BCUT2D eigenvalue weighted by molar-refractivity contribution is 6.03. The lowest BCUT2D eigenvalue weighted by molar-refractivity contribution is 0.104. The molecule has 86 valence electrons. The zero-order valence-electron chi connectivity index (χ0n) is 9.24. The van der Waals surface area contributed by atoms with Gasteiger partial charge in [-0.25, -0.2) is 4.68 Å². The topological polar surface area (TPSA) is 68.0 Å². The van der Waals surface area contributed by atoms with Crippen LogP contribution in [-0.2, 0) is 0 Å². The van der Waals surface area contributed by atoms with E-state index in [0.717, 1.165) is 11.8 Å². The zero-order valence-corrected chi connectivity index (χ0v) is 9.24. The van der Waals surface area contributed by atoms with Gasteiger partial charge in [0.2, 0.25) is 5.78 Å². The SMILES string of the molecule is Cc1c(C(=O)/C=C/O)nnn1-c1ccccc1. The Hall–Kier alpha value is -2.43. The second kappa shape index (κ2) is 4.61. The van der Waals surface area contributed by atoms with Crippen molar-refractivity contribution in [1.29, 1.82) is 0 Å². The molecular weight excluding hydrogens is 218 g/mol. The molecule has 0 fully saturated rings. The molecule has 0 saturated carbocycles. The van der Waals surface area contributed by atoms with Crippen molar-refractivity contribution in [2.45, 2.75) is 6.92 Å². The van der Waals surface area contributed by atoms with Gasteiger partial charge in [-0.15, -0.1) is 5.10 Å². The lowest BCUT2D eigenvalue weighted by Crippen LogP contribution is -2.01. The molecule has 1 N–H and O–H groups in total. The number of aromatic nitrogens is 3. The highest BCUT2D eigenvalue weighted by Crippen LogP contribution is 2.12. The van der Waals surface area contributed by atoms with Gasteiger partial charge in [-0.2, -0.15) is 0 Å². The van der Waals surface area contributed by atoms with Crippen LogP contribution in [0.2, 0.25) is 0 Å². The van der Waals surface area contributed by atoms with E-state index in [4.69, 9.17) is 5.11 Å². The number of allylic oxidation sites excluding steroid dienone is 1. The quantitative estimate of drug-likeness (QED) is 0.495. The maximum absolute atomic E-state index is 11.5. The number of nitrogens with zero attached hydrogens (tertiary/aromatic N) is 3. The second-order valence-electron chi connectivity index (χ2n) is 3.45. The molecule has 0 atom stereocenters. The Morgan fingerprint density at radius 1 is 1.35 bits per heavy atom. The van der Waals surface area contributed by atoms with Crippen molar-refractivity contribution in [3.63, 3.8) is 0 Å². The average Bonchev–Trinajstić information content (AvgIpc) is 2.72. The Balaban J connectivity index is 2.43. The lowest BCUT2D eigenvalue weighted by Gasteiger charge is -2.01. The van der Waals surface area contributed by atoms with E-state index in [9.17, 15) is 4.79 Å². The largest absolute Gasteiger partial charge is 0.515 e. The Kier molecular flexibility index (Phi) is 3.00. The number of rotatable bonds is 3. The van der Waals surface area contributed by atoms with Gasteiger partial charge in [0.1, 0.15) is 0 Å². The van der Waals surface area contributed by atoms with Crippen LogP contribution in [0.5, 0.6) is 0 Å². The maximum Gasteiger partial charge on any atom is 0.211 e. The summed E-state index contributed by atoms with van der Waals surface area (Å²) in [5, 5.41) is 16.3. The van der Waals surface area contributed by atoms with Gasteiger partial charge in [-0.3, -0.25) is 4.79 Å². The first-order valence-electron chi connectivity index (χ1n) is 5.07. The first kappa shape index (κ1) is 11.1. The van der Waals surface area contributed by atoms with Crippen molar-refractivity contribution < 1.29 is 9.90 Å². The maximum atomic E-state index is 11.5. The molecule has 0 aliphatic heterocycles. The number of aliphatic hydroxyl groups excluding tert-OH is 1. The van der Waals surface area contributed by atoms with Gasteiger partial charge in [0.05, 0.1) is 17.6 Å². The molecule has 5 heteroatoms. The van der Waals surface area contributed by atoms with E-state index in [1.807, 2.05) is 30.3 Å². The second-order valence-corrected chi connectivity index (χ2v) is 3.45. The molecule has 0 saturated heterocycles. The fourth-order valence-corrected chi connectivity index (χ4v) is 1.52. The van der Waals surface area contributed by atoms with Gasteiger partial charge in [-0.1, -0.05) is 23.4 Å². The predicted octanol–water partition coefficient (Wildman–Crippen LogP) is 1.83. The third kappa shape index (κ3) is 2.08. The lowest BCUT2D eigenvalue weighted by atomic mass is 10.2. The number of para-hydroxylation sites is 1. The van der Waals surface area contributed by atoms with Crippen LogP contribution in [0.15, 0.2) is 42.7 Å². The first-order chi connectivity index (χ1) is 8.24. The van der Waals surface area contributed by atoms with Gasteiger partial charge in [0, 0.05) is 6.08 Å². The first-order valence-corrected chi connectivity index (χ1v) is 5.07. The van der Waals surface area contributed by atoms with Crippen molar-refractivity contribution in [2.75, 3.05) is 0 Å². The van der Waals surface area contributed by atoms with Crippen LogP contribution in [0.1, 0.15) is 16.2 Å². The summed E-state index contributed by atoms with van der Waals surface area (Å²) in [4.78, 5) is 11.5. The molecule has 0 amide bonds. The Morgan fingerprint density at radius 3 is 2.71 bits per heavy atom. The van der Waals surface area contributed by atoms with Crippen molar-refractivity contribution in [3.05, 3.63) is 54.1 Å². The van der Waals surface area contributed by atoms with Crippen LogP contribution in [0.4, 0.5) is 0 Å². The summed E-state index contributed by atoms with van der Waals surface area (Å²) >= 11 is 0. The van der Waals surface area contributed by atoms with Gasteiger partial charge in [-0.05, 0) is 19.1 Å². The number of ketones is 1. The monoisotopic (exact) mass is 229 g/mol. The molecule has 1 aromatic heterocycles. The number of benzene rings is 1. The van der Waals surface area contributed by atoms with Crippen LogP contribution in [0.25, 0.3) is 5.69 Å². The molecule has 0 radical (unpaired) electrons. The third-order valence-electron chi connectivity index (χ3n) is 2.35. The van der Waals surface area contributed by atoms with Crippen LogP contribution in [-0.4, -0.2) is 25.9 Å². The molecule has 0 unspecified atom stereocenters. The predicted molar refractivity (Wildman–Crippen MR) is 62.2 cm³/mol. The molecule has 17 heavy (non-hydrogen) atoms. The molecule has 0 aliphatic rings. The highest BCUT2D eigenvalue weighted by Gasteiger charge is 2.14. The minimum absolute atomic E-state index is 0.235. The van der Waals surface area contributed by atoms with E-state index < -0.39 is 0 Å². The van der Waals surface area contributed by atoms with Crippen LogP contribution in [0.3, 0.4) is 0 Å². The Bertz CT molecular complexity index is 558. The highest BCUT2D eigenvalue weighted by atomic mass is 16.2. The number of aliphatic hydroxyl groups is 1. The summed E-state index contributed by atoms with van der Waals surface area (Å²) in [7, 11) is 0. The van der Waals surface area contributed by atoms with E-state index in [1.54, 1.807) is 11.6 Å².